The molecule has 1 aliphatic rings. The highest BCUT2D eigenvalue weighted by atomic mass is 16.3. The van der Waals surface area contributed by atoms with Crippen LogP contribution in [0.25, 0.3) is 10.9 Å². The highest BCUT2D eigenvalue weighted by Gasteiger charge is 2.36. The molecule has 1 aromatic carbocycles. The highest BCUT2D eigenvalue weighted by molar-refractivity contribution is 5.82. The van der Waals surface area contributed by atoms with Gasteiger partial charge >= 0.3 is 0 Å². The van der Waals surface area contributed by atoms with Crippen LogP contribution in [-0.2, 0) is 5.60 Å². The fourth-order valence-electron chi connectivity index (χ4n) is 3.03. The molecule has 1 aliphatic heterocycles. The first-order valence-corrected chi connectivity index (χ1v) is 7.11. The normalized spacial score (nSPS) is 19.9. The molecule has 2 aromatic rings. The zero-order valence-corrected chi connectivity index (χ0v) is 11.4. The van der Waals surface area contributed by atoms with Gasteiger partial charge in [0.25, 0.3) is 0 Å². The number of aromatic nitrogens is 2. The minimum Gasteiger partial charge on any atom is -0.383 e. The van der Waals surface area contributed by atoms with E-state index in [1.807, 2.05) is 24.3 Å². The van der Waals surface area contributed by atoms with E-state index in [2.05, 4.69) is 22.0 Å². The van der Waals surface area contributed by atoms with Gasteiger partial charge in [0, 0.05) is 18.5 Å². The average molecular weight is 259 g/mol. The fourth-order valence-corrected chi connectivity index (χ4v) is 3.03. The number of H-pyrrole nitrogens is 1. The van der Waals surface area contributed by atoms with Gasteiger partial charge in [0.05, 0.1) is 11.2 Å². The number of para-hydroxylation sites is 1. The molecule has 1 fully saturated rings. The molecule has 1 saturated heterocycles. The van der Waals surface area contributed by atoms with Gasteiger partial charge in [0.1, 0.15) is 5.60 Å². The number of nitrogens with zero attached hydrogens (tertiary/aromatic N) is 2. The molecular weight excluding hydrogens is 238 g/mol. The molecule has 2 N–H and O–H groups in total. The standard InChI is InChI=1S/C15H21N3O/c1-2-9-18-10-7-15(19,8-11-18)14-12-5-3-4-6-13(12)16-17-14/h3-6,19H,2,7-11H2,1H3,(H,16,17). The van der Waals surface area contributed by atoms with Gasteiger partial charge in [0.15, 0.2) is 0 Å². The maximum Gasteiger partial charge on any atom is 0.109 e. The van der Waals surface area contributed by atoms with Crippen molar-refractivity contribution in [3.05, 3.63) is 30.0 Å². The second kappa shape index (κ2) is 4.94. The first kappa shape index (κ1) is 12.6. The monoisotopic (exact) mass is 259 g/mol. The average Bonchev–Trinajstić information content (AvgIpc) is 2.86. The number of likely N-dealkylation sites (tertiary alicyclic amines) is 1. The van der Waals surface area contributed by atoms with Crippen molar-refractivity contribution in [1.29, 1.82) is 0 Å². The lowest BCUT2D eigenvalue weighted by Gasteiger charge is -2.37. The van der Waals surface area contributed by atoms with Crippen molar-refractivity contribution >= 4 is 10.9 Å². The molecule has 0 saturated carbocycles. The zero-order chi connectivity index (χ0) is 13.3. The van der Waals surface area contributed by atoms with Gasteiger partial charge in [-0.2, -0.15) is 5.10 Å². The molecule has 0 atom stereocenters. The molecular formula is C15H21N3O. The number of piperidine rings is 1. The van der Waals surface area contributed by atoms with Gasteiger partial charge in [-0.05, 0) is 31.9 Å². The predicted molar refractivity (Wildman–Crippen MR) is 76.0 cm³/mol. The maximum absolute atomic E-state index is 10.9. The maximum atomic E-state index is 10.9. The van der Waals surface area contributed by atoms with Gasteiger partial charge in [-0.3, -0.25) is 5.10 Å². The Labute approximate surface area is 113 Å². The first-order chi connectivity index (χ1) is 9.23. The lowest BCUT2D eigenvalue weighted by Crippen LogP contribution is -2.43. The molecule has 0 unspecified atom stereocenters. The minimum absolute atomic E-state index is 0.750. The van der Waals surface area contributed by atoms with E-state index in [-0.39, 0.29) is 0 Å². The number of aliphatic hydroxyl groups is 1. The third-order valence-corrected chi connectivity index (χ3v) is 4.15. The number of benzene rings is 1. The number of hydrogen-bond acceptors (Lipinski definition) is 3. The van der Waals surface area contributed by atoms with E-state index in [1.165, 1.54) is 6.42 Å². The molecule has 3 rings (SSSR count). The summed E-state index contributed by atoms with van der Waals surface area (Å²) in [7, 11) is 0. The smallest absolute Gasteiger partial charge is 0.109 e. The van der Waals surface area contributed by atoms with E-state index in [0.29, 0.717) is 0 Å². The van der Waals surface area contributed by atoms with Gasteiger partial charge in [-0.15, -0.1) is 0 Å². The van der Waals surface area contributed by atoms with E-state index in [9.17, 15) is 5.11 Å². The molecule has 2 heterocycles. The first-order valence-electron chi connectivity index (χ1n) is 7.11. The molecule has 0 amide bonds. The number of fused-ring (bicyclic) bond motifs is 1. The highest BCUT2D eigenvalue weighted by Crippen LogP contribution is 2.35. The number of rotatable bonds is 3. The molecule has 0 radical (unpaired) electrons. The molecule has 0 spiro atoms. The second-order valence-corrected chi connectivity index (χ2v) is 5.49. The summed E-state index contributed by atoms with van der Waals surface area (Å²) in [5.74, 6) is 0. The molecule has 102 valence electrons. The Morgan fingerprint density at radius 1 is 1.32 bits per heavy atom. The fraction of sp³-hybridized carbons (Fsp3) is 0.533. The Balaban J connectivity index is 1.86. The SMILES string of the molecule is CCCN1CCC(O)(c2[nH]nc3ccccc23)CC1. The van der Waals surface area contributed by atoms with Crippen molar-refractivity contribution in [2.45, 2.75) is 31.8 Å². The topological polar surface area (TPSA) is 52.1 Å². The van der Waals surface area contributed by atoms with Crippen LogP contribution in [0, 0.1) is 0 Å². The summed E-state index contributed by atoms with van der Waals surface area (Å²) in [5.41, 5.74) is 1.07. The molecule has 1 aromatic heterocycles. The minimum atomic E-state index is -0.750. The van der Waals surface area contributed by atoms with E-state index in [1.54, 1.807) is 0 Å². The Morgan fingerprint density at radius 2 is 2.05 bits per heavy atom. The summed E-state index contributed by atoms with van der Waals surface area (Å²) < 4.78 is 0. The van der Waals surface area contributed by atoms with Gasteiger partial charge in [-0.25, -0.2) is 0 Å². The largest absolute Gasteiger partial charge is 0.383 e. The Morgan fingerprint density at radius 3 is 2.79 bits per heavy atom. The Bertz CT molecular complexity index is 555. The second-order valence-electron chi connectivity index (χ2n) is 5.49. The van der Waals surface area contributed by atoms with Crippen LogP contribution in [0.15, 0.2) is 24.3 Å². The third-order valence-electron chi connectivity index (χ3n) is 4.15. The molecule has 4 nitrogen and oxygen atoms in total. The van der Waals surface area contributed by atoms with Crippen molar-refractivity contribution < 1.29 is 5.11 Å². The predicted octanol–water partition coefficient (Wildman–Crippen LogP) is 2.26. The van der Waals surface area contributed by atoms with E-state index >= 15 is 0 Å². The number of nitrogens with one attached hydrogen (secondary N) is 1. The summed E-state index contributed by atoms with van der Waals surface area (Å²) in [6.07, 6.45) is 2.73. The number of hydrogen-bond donors (Lipinski definition) is 2. The van der Waals surface area contributed by atoms with Crippen molar-refractivity contribution in [3.8, 4) is 0 Å². The van der Waals surface area contributed by atoms with Crippen LogP contribution in [0.5, 0.6) is 0 Å². The van der Waals surface area contributed by atoms with E-state index in [4.69, 9.17) is 0 Å². The van der Waals surface area contributed by atoms with E-state index < -0.39 is 5.60 Å². The summed E-state index contributed by atoms with van der Waals surface area (Å²) >= 11 is 0. The van der Waals surface area contributed by atoms with Gasteiger partial charge in [0.2, 0.25) is 0 Å². The summed E-state index contributed by atoms with van der Waals surface area (Å²) in [6.45, 7) is 5.23. The van der Waals surface area contributed by atoms with Crippen LogP contribution in [0.1, 0.15) is 31.9 Å². The van der Waals surface area contributed by atoms with Crippen molar-refractivity contribution in [2.75, 3.05) is 19.6 Å². The van der Waals surface area contributed by atoms with Gasteiger partial charge < -0.3 is 10.0 Å². The lowest BCUT2D eigenvalue weighted by molar-refractivity contribution is -0.0280. The summed E-state index contributed by atoms with van der Waals surface area (Å²) in [5, 5.41) is 19.3. The van der Waals surface area contributed by atoms with Crippen molar-refractivity contribution in [1.82, 2.24) is 15.1 Å². The van der Waals surface area contributed by atoms with Crippen molar-refractivity contribution in [3.63, 3.8) is 0 Å². The number of aromatic amines is 1. The summed E-state index contributed by atoms with van der Waals surface area (Å²) in [4.78, 5) is 2.42. The van der Waals surface area contributed by atoms with Crippen LogP contribution >= 0.6 is 0 Å². The lowest BCUT2D eigenvalue weighted by atomic mass is 9.86. The molecule has 4 heteroatoms. The van der Waals surface area contributed by atoms with Crippen LogP contribution in [0.3, 0.4) is 0 Å². The quantitative estimate of drug-likeness (QED) is 0.889. The van der Waals surface area contributed by atoms with Crippen LogP contribution in [0.2, 0.25) is 0 Å². The third kappa shape index (κ3) is 2.26. The molecule has 0 bridgehead atoms. The molecule has 19 heavy (non-hydrogen) atoms. The van der Waals surface area contributed by atoms with Crippen LogP contribution < -0.4 is 0 Å². The van der Waals surface area contributed by atoms with Crippen LogP contribution in [0.4, 0.5) is 0 Å². The Hall–Kier alpha value is -1.39. The van der Waals surface area contributed by atoms with Crippen molar-refractivity contribution in [2.24, 2.45) is 0 Å². The van der Waals surface area contributed by atoms with E-state index in [0.717, 1.165) is 49.1 Å². The summed E-state index contributed by atoms with van der Waals surface area (Å²) in [6, 6.07) is 7.98. The van der Waals surface area contributed by atoms with Gasteiger partial charge in [-0.1, -0.05) is 25.1 Å². The van der Waals surface area contributed by atoms with Crippen LogP contribution in [-0.4, -0.2) is 39.8 Å². The molecule has 0 aliphatic carbocycles. The Kier molecular flexibility index (Phi) is 3.29. The zero-order valence-electron chi connectivity index (χ0n) is 11.4.